The van der Waals surface area contributed by atoms with Crippen LogP contribution in [0.25, 0.3) is 0 Å². The van der Waals surface area contributed by atoms with Crippen molar-refractivity contribution in [3.63, 3.8) is 0 Å². The highest BCUT2D eigenvalue weighted by molar-refractivity contribution is 7.91. The summed E-state index contributed by atoms with van der Waals surface area (Å²) < 4.78 is 79.0. The van der Waals surface area contributed by atoms with Gasteiger partial charge in [-0.25, -0.2) is 14.4 Å². The van der Waals surface area contributed by atoms with Gasteiger partial charge in [0, 0.05) is 11.9 Å². The van der Waals surface area contributed by atoms with E-state index in [2.05, 4.69) is 20.4 Å². The number of carbonyl (C=O) groups excluding carboxylic acids is 1. The summed E-state index contributed by atoms with van der Waals surface area (Å²) in [4.78, 5) is 20.0. The number of nitrogens with one attached hydrogen (secondary N) is 1. The van der Waals surface area contributed by atoms with Gasteiger partial charge in [-0.05, 0) is 55.8 Å². The highest BCUT2D eigenvalue weighted by Gasteiger charge is 2.36. The quantitative estimate of drug-likeness (QED) is 0.192. The second kappa shape index (κ2) is 11.0. The van der Waals surface area contributed by atoms with Crippen LogP contribution in [0.15, 0.2) is 42.6 Å². The number of rotatable bonds is 4. The lowest BCUT2D eigenvalue weighted by molar-refractivity contribution is -0.138. The van der Waals surface area contributed by atoms with Gasteiger partial charge >= 0.3 is 6.18 Å². The van der Waals surface area contributed by atoms with Crippen LogP contribution in [-0.2, 0) is 6.18 Å². The Morgan fingerprint density at radius 2 is 1.73 bits per heavy atom. The zero-order valence-corrected chi connectivity index (χ0v) is 17.9. The molecule has 0 saturated carbocycles. The fourth-order valence-corrected chi connectivity index (χ4v) is 2.67. The summed E-state index contributed by atoms with van der Waals surface area (Å²) in [6.45, 7) is 2.53. The number of hydrogen-bond acceptors (Lipinski definition) is 7. The van der Waals surface area contributed by atoms with Crippen molar-refractivity contribution in [2.24, 2.45) is 5.14 Å². The summed E-state index contributed by atoms with van der Waals surface area (Å²) >= 11 is 0.250. The van der Waals surface area contributed by atoms with E-state index >= 15 is 0 Å². The maximum atomic E-state index is 13.3. The van der Waals surface area contributed by atoms with Gasteiger partial charge < -0.3 is 14.6 Å². The lowest BCUT2D eigenvalue weighted by atomic mass is 10.0. The molecule has 0 aliphatic heterocycles. The van der Waals surface area contributed by atoms with Crippen molar-refractivity contribution in [2.45, 2.75) is 20.0 Å². The molecule has 0 atom stereocenters. The molecule has 0 bridgehead atoms. The molecule has 1 amide bonds. The molecule has 0 aliphatic rings. The van der Waals surface area contributed by atoms with Gasteiger partial charge in [0.05, 0.1) is 23.5 Å². The van der Waals surface area contributed by atoms with Crippen LogP contribution in [0.5, 0.6) is 11.6 Å². The zero-order chi connectivity index (χ0) is 24.8. The average Bonchev–Trinajstić information content (AvgIpc) is 2.71. The number of ether oxygens (including phenoxy) is 1. The number of aryl methyl sites for hydroxylation is 1. The largest absolute Gasteiger partial charge is 0.436 e. The van der Waals surface area contributed by atoms with Gasteiger partial charge in [0.15, 0.2) is 5.75 Å². The third-order valence-electron chi connectivity index (χ3n) is 4.15. The Morgan fingerprint density at radius 3 is 2.27 bits per heavy atom. The Bertz CT molecular complexity index is 1130. The summed E-state index contributed by atoms with van der Waals surface area (Å²) in [6.07, 6.45) is -4.21. The standard InChI is InChI=1S/C20H14F5N3O2.H3NOS/c1-10-14(20(23,24)25)9-26-19(30-15-7-8-16(22)27-11(15)2)17(10)18(29)28-13-5-3-12(21)4-6-13;1-3-2/h3-9H,1-2H3,(H,28,29);2H,1H2. The van der Waals surface area contributed by atoms with E-state index in [-0.39, 0.29) is 29.4 Å². The van der Waals surface area contributed by atoms with Crippen LogP contribution in [-0.4, -0.2) is 20.4 Å². The van der Waals surface area contributed by atoms with E-state index in [1.165, 1.54) is 25.1 Å². The van der Waals surface area contributed by atoms with Crippen molar-refractivity contribution in [2.75, 3.05) is 5.32 Å². The zero-order valence-electron chi connectivity index (χ0n) is 17.1. The molecule has 33 heavy (non-hydrogen) atoms. The first kappa shape index (κ1) is 26.0. The number of benzene rings is 1. The topological polar surface area (TPSA) is 110 Å². The van der Waals surface area contributed by atoms with E-state index in [0.717, 1.165) is 25.1 Å². The molecule has 3 aromatic rings. The summed E-state index contributed by atoms with van der Waals surface area (Å²) in [7, 11) is 0. The third-order valence-corrected chi connectivity index (χ3v) is 4.15. The number of aromatic nitrogens is 2. The summed E-state index contributed by atoms with van der Waals surface area (Å²) in [5, 5.41) is 6.71. The lowest BCUT2D eigenvalue weighted by Gasteiger charge is -2.17. The fraction of sp³-hybridized carbons (Fsp3) is 0.150. The third kappa shape index (κ3) is 6.84. The molecule has 4 N–H and O–H groups in total. The molecule has 0 unspecified atom stereocenters. The Morgan fingerprint density at radius 1 is 1.12 bits per heavy atom. The number of carbonyl (C=O) groups is 1. The number of anilines is 1. The molecule has 0 spiro atoms. The van der Waals surface area contributed by atoms with Crippen LogP contribution in [0.4, 0.5) is 27.6 Å². The monoisotopic (exact) mass is 488 g/mol. The number of nitrogens with two attached hydrogens (primary N) is 1. The van der Waals surface area contributed by atoms with Crippen LogP contribution in [0, 0.1) is 25.6 Å². The summed E-state index contributed by atoms with van der Waals surface area (Å²) in [5.41, 5.74) is -1.74. The summed E-state index contributed by atoms with van der Waals surface area (Å²) in [6, 6.07) is 6.87. The molecular formula is C20H17F5N4O3S. The predicted octanol–water partition coefficient (Wildman–Crippen LogP) is 5.50. The summed E-state index contributed by atoms with van der Waals surface area (Å²) in [5.74, 6) is -2.67. The maximum Gasteiger partial charge on any atom is 0.418 e. The minimum atomic E-state index is -4.76. The Kier molecular flexibility index (Phi) is 8.68. The smallest absolute Gasteiger partial charge is 0.418 e. The number of alkyl halides is 3. The molecule has 0 aliphatic carbocycles. The predicted molar refractivity (Wildman–Crippen MR) is 112 cm³/mol. The van der Waals surface area contributed by atoms with Crippen molar-refractivity contribution in [1.29, 1.82) is 0 Å². The fourth-order valence-electron chi connectivity index (χ4n) is 2.67. The molecule has 2 heterocycles. The first-order valence-corrected chi connectivity index (χ1v) is 9.76. The highest BCUT2D eigenvalue weighted by Crippen LogP contribution is 2.36. The van der Waals surface area contributed by atoms with Crippen molar-refractivity contribution in [3.8, 4) is 11.6 Å². The van der Waals surface area contributed by atoms with Gasteiger partial charge in [-0.3, -0.25) is 9.93 Å². The molecule has 0 radical (unpaired) electrons. The molecule has 3 rings (SSSR count). The molecule has 176 valence electrons. The first-order valence-electron chi connectivity index (χ1n) is 8.93. The normalized spacial score (nSPS) is 10.8. The van der Waals surface area contributed by atoms with E-state index in [9.17, 15) is 26.7 Å². The van der Waals surface area contributed by atoms with Gasteiger partial charge in [-0.15, -0.1) is 0 Å². The van der Waals surface area contributed by atoms with E-state index in [0.29, 0.717) is 6.20 Å². The Hall–Kier alpha value is -3.29. The molecule has 0 saturated heterocycles. The molecular weight excluding hydrogens is 471 g/mol. The van der Waals surface area contributed by atoms with Crippen molar-refractivity contribution in [3.05, 3.63) is 76.7 Å². The maximum absolute atomic E-state index is 13.3. The SMILES string of the molecule is Cc1nc(F)ccc1Oc1ncc(C(F)(F)F)c(C)c1C(=O)Nc1ccc(F)cc1.NSO. The average molecular weight is 488 g/mol. The van der Waals surface area contributed by atoms with Gasteiger partial charge in [-0.1, -0.05) is 0 Å². The molecule has 1 aromatic carbocycles. The molecule has 2 aromatic heterocycles. The van der Waals surface area contributed by atoms with Gasteiger partial charge in [0.2, 0.25) is 11.8 Å². The van der Waals surface area contributed by atoms with Gasteiger partial charge in [-0.2, -0.15) is 17.6 Å². The first-order chi connectivity index (χ1) is 15.5. The Labute approximate surface area is 189 Å². The number of nitrogens with zero attached hydrogens (tertiary/aromatic N) is 2. The minimum absolute atomic E-state index is 0.0129. The van der Waals surface area contributed by atoms with E-state index in [1.807, 2.05) is 0 Å². The molecule has 0 fully saturated rings. The van der Waals surface area contributed by atoms with Crippen LogP contribution >= 0.6 is 12.2 Å². The number of halogens is 5. The molecule has 7 nitrogen and oxygen atoms in total. The van der Waals surface area contributed by atoms with Crippen molar-refractivity contribution in [1.82, 2.24) is 9.97 Å². The number of pyridine rings is 2. The van der Waals surface area contributed by atoms with Crippen LogP contribution in [0.3, 0.4) is 0 Å². The lowest BCUT2D eigenvalue weighted by Crippen LogP contribution is -2.19. The highest BCUT2D eigenvalue weighted by atomic mass is 32.2. The van der Waals surface area contributed by atoms with E-state index < -0.39 is 46.4 Å². The second-order valence-electron chi connectivity index (χ2n) is 6.36. The van der Waals surface area contributed by atoms with E-state index in [4.69, 9.17) is 9.29 Å². The van der Waals surface area contributed by atoms with Gasteiger partial charge in [0.25, 0.3) is 5.91 Å². The number of hydrogen-bond donors (Lipinski definition) is 3. The van der Waals surface area contributed by atoms with Crippen LogP contribution < -0.4 is 15.2 Å². The van der Waals surface area contributed by atoms with Crippen LogP contribution in [0.1, 0.15) is 27.2 Å². The Balaban J connectivity index is 0.00000122. The van der Waals surface area contributed by atoms with Crippen molar-refractivity contribution < 1.29 is 36.0 Å². The van der Waals surface area contributed by atoms with E-state index in [1.54, 1.807) is 0 Å². The minimum Gasteiger partial charge on any atom is -0.436 e. The molecule has 13 heteroatoms. The van der Waals surface area contributed by atoms with Gasteiger partial charge in [0.1, 0.15) is 11.4 Å². The number of amides is 1. The second-order valence-corrected chi connectivity index (χ2v) is 6.57. The van der Waals surface area contributed by atoms with Crippen molar-refractivity contribution >= 4 is 23.8 Å². The van der Waals surface area contributed by atoms with Crippen LogP contribution in [0.2, 0.25) is 0 Å².